The number of aryl methyl sites for hydroxylation is 1. The van der Waals surface area contributed by atoms with Crippen molar-refractivity contribution in [2.75, 3.05) is 0 Å². The Hall–Kier alpha value is -0.870. The van der Waals surface area contributed by atoms with E-state index in [-0.39, 0.29) is 4.90 Å². The summed E-state index contributed by atoms with van der Waals surface area (Å²) in [6.45, 7) is 8.45. The molecule has 2 unspecified atom stereocenters. The second kappa shape index (κ2) is 10.2. The van der Waals surface area contributed by atoms with Crippen molar-refractivity contribution < 1.29 is 13.0 Å². The van der Waals surface area contributed by atoms with Gasteiger partial charge >= 0.3 is 0 Å². The molecule has 0 aliphatic heterocycles. The number of hydrogen-bond acceptors (Lipinski definition) is 3. The molecular weight excluding hydrogens is 320 g/mol. The van der Waals surface area contributed by atoms with Gasteiger partial charge in [-0.1, -0.05) is 77.8 Å². The molecule has 0 aromatic heterocycles. The topological polar surface area (TPSA) is 57.2 Å². The van der Waals surface area contributed by atoms with Gasteiger partial charge in [0.1, 0.15) is 10.1 Å². The number of rotatable bonds is 11. The highest BCUT2D eigenvalue weighted by atomic mass is 32.2. The van der Waals surface area contributed by atoms with Gasteiger partial charge in [-0.15, -0.1) is 0 Å². The van der Waals surface area contributed by atoms with Crippen molar-refractivity contribution in [3.8, 4) is 0 Å². The average molecular weight is 354 g/mol. The predicted molar refractivity (Wildman–Crippen MR) is 99.3 cm³/mol. The van der Waals surface area contributed by atoms with Crippen LogP contribution in [0.1, 0.15) is 89.2 Å². The molecule has 0 saturated heterocycles. The fourth-order valence-corrected chi connectivity index (χ4v) is 3.79. The first-order valence-electron chi connectivity index (χ1n) is 9.32. The van der Waals surface area contributed by atoms with Gasteiger partial charge in [0.2, 0.25) is 0 Å². The van der Waals surface area contributed by atoms with Gasteiger partial charge in [-0.05, 0) is 42.4 Å². The van der Waals surface area contributed by atoms with Gasteiger partial charge in [0.15, 0.2) is 0 Å². The Morgan fingerprint density at radius 2 is 1.58 bits per heavy atom. The lowest BCUT2D eigenvalue weighted by atomic mass is 9.93. The van der Waals surface area contributed by atoms with E-state index in [4.69, 9.17) is 0 Å². The Kier molecular flexibility index (Phi) is 8.99. The van der Waals surface area contributed by atoms with Crippen LogP contribution in [-0.4, -0.2) is 13.0 Å². The van der Waals surface area contributed by atoms with Crippen LogP contribution in [0.25, 0.3) is 0 Å². The van der Waals surface area contributed by atoms with Gasteiger partial charge in [-0.3, -0.25) is 0 Å². The van der Waals surface area contributed by atoms with Gasteiger partial charge in [-0.25, -0.2) is 8.42 Å². The Labute approximate surface area is 148 Å². The molecule has 0 fully saturated rings. The summed E-state index contributed by atoms with van der Waals surface area (Å²) in [7, 11) is -4.36. The van der Waals surface area contributed by atoms with Crippen LogP contribution in [0.15, 0.2) is 23.1 Å². The van der Waals surface area contributed by atoms with E-state index in [0.717, 1.165) is 17.9 Å². The third-order valence-corrected chi connectivity index (χ3v) is 6.07. The van der Waals surface area contributed by atoms with Crippen LogP contribution in [0, 0.1) is 12.8 Å². The van der Waals surface area contributed by atoms with Gasteiger partial charge < -0.3 is 4.55 Å². The first-order chi connectivity index (χ1) is 11.3. The molecule has 1 aromatic carbocycles. The maximum absolute atomic E-state index is 11.1. The maximum Gasteiger partial charge on any atom is 0.124 e. The van der Waals surface area contributed by atoms with Crippen LogP contribution in [0.3, 0.4) is 0 Å². The van der Waals surface area contributed by atoms with Crippen molar-refractivity contribution in [1.29, 1.82) is 0 Å². The molecule has 0 aliphatic rings. The molecule has 0 amide bonds. The van der Waals surface area contributed by atoms with Crippen molar-refractivity contribution in [2.24, 2.45) is 5.92 Å². The summed E-state index contributed by atoms with van der Waals surface area (Å²) in [5.41, 5.74) is 1.68. The third-order valence-electron chi connectivity index (χ3n) is 5.07. The van der Waals surface area contributed by atoms with Gasteiger partial charge in [-0.2, -0.15) is 0 Å². The summed E-state index contributed by atoms with van der Waals surface area (Å²) in [5.74, 6) is 1.25. The molecule has 4 heteroatoms. The molecule has 138 valence electrons. The first kappa shape index (κ1) is 21.2. The summed E-state index contributed by atoms with van der Waals surface area (Å²) in [6.07, 6.45) is 10.2. The molecule has 0 N–H and O–H groups in total. The van der Waals surface area contributed by atoms with Crippen molar-refractivity contribution >= 4 is 10.1 Å². The van der Waals surface area contributed by atoms with E-state index >= 15 is 0 Å². The Morgan fingerprint density at radius 1 is 1.00 bits per heavy atom. The van der Waals surface area contributed by atoms with Crippen LogP contribution in [0.4, 0.5) is 0 Å². The van der Waals surface area contributed by atoms with Crippen molar-refractivity contribution in [3.05, 3.63) is 29.3 Å². The smallest absolute Gasteiger partial charge is 0.124 e. The fourth-order valence-electron chi connectivity index (χ4n) is 3.10. The minimum absolute atomic E-state index is 0.0974. The number of unbranched alkanes of at least 4 members (excludes halogenated alkanes) is 4. The lowest BCUT2D eigenvalue weighted by Gasteiger charge is -2.16. The largest absolute Gasteiger partial charge is 0.744 e. The minimum Gasteiger partial charge on any atom is -0.744 e. The third kappa shape index (κ3) is 7.35. The second-order valence-corrected chi connectivity index (χ2v) is 8.59. The zero-order valence-corrected chi connectivity index (χ0v) is 16.5. The average Bonchev–Trinajstić information content (AvgIpc) is 2.52. The van der Waals surface area contributed by atoms with Crippen LogP contribution in [0.5, 0.6) is 0 Å². The predicted octanol–water partition coefficient (Wildman–Crippen LogP) is 5.78. The molecule has 2 atom stereocenters. The zero-order valence-electron chi connectivity index (χ0n) is 15.7. The standard InChI is InChI=1S/C20H34O3S/c1-5-16(2)11-9-7-6-8-10-12-17(3)19-13-14-20(18(4)15-19)24(21,22)23/h13-17H,5-12H2,1-4H3,(H,21,22,23)/p-1. The van der Waals surface area contributed by atoms with E-state index in [1.54, 1.807) is 13.0 Å². The van der Waals surface area contributed by atoms with Gasteiger partial charge in [0.05, 0.1) is 4.90 Å². The van der Waals surface area contributed by atoms with E-state index in [0.29, 0.717) is 11.5 Å². The Morgan fingerprint density at radius 3 is 2.12 bits per heavy atom. The first-order valence-corrected chi connectivity index (χ1v) is 10.7. The lowest BCUT2D eigenvalue weighted by Crippen LogP contribution is -2.03. The molecule has 24 heavy (non-hydrogen) atoms. The van der Waals surface area contributed by atoms with Crippen molar-refractivity contribution in [2.45, 2.75) is 89.9 Å². The summed E-state index contributed by atoms with van der Waals surface area (Å²) < 4.78 is 33.4. The van der Waals surface area contributed by atoms with E-state index in [1.807, 2.05) is 6.07 Å². The molecule has 0 aliphatic carbocycles. The van der Waals surface area contributed by atoms with E-state index in [2.05, 4.69) is 20.8 Å². The molecule has 3 nitrogen and oxygen atoms in total. The van der Waals surface area contributed by atoms with Gasteiger partial charge in [0.25, 0.3) is 0 Å². The highest BCUT2D eigenvalue weighted by Crippen LogP contribution is 2.26. The fraction of sp³-hybridized carbons (Fsp3) is 0.700. The summed E-state index contributed by atoms with van der Waals surface area (Å²) >= 11 is 0. The van der Waals surface area contributed by atoms with Crippen LogP contribution < -0.4 is 0 Å². The molecule has 0 spiro atoms. The molecule has 0 saturated carbocycles. The maximum atomic E-state index is 11.1. The lowest BCUT2D eigenvalue weighted by molar-refractivity contribution is 0.462. The normalized spacial score (nSPS) is 14.5. The zero-order chi connectivity index (χ0) is 18.2. The van der Waals surface area contributed by atoms with Crippen LogP contribution >= 0.6 is 0 Å². The van der Waals surface area contributed by atoms with Crippen molar-refractivity contribution in [1.82, 2.24) is 0 Å². The van der Waals surface area contributed by atoms with E-state index in [1.165, 1.54) is 51.0 Å². The molecule has 0 bridgehead atoms. The number of benzene rings is 1. The highest BCUT2D eigenvalue weighted by molar-refractivity contribution is 7.85. The summed E-state index contributed by atoms with van der Waals surface area (Å²) in [5, 5.41) is 0. The number of hydrogen-bond donors (Lipinski definition) is 0. The monoisotopic (exact) mass is 353 g/mol. The van der Waals surface area contributed by atoms with Crippen LogP contribution in [0.2, 0.25) is 0 Å². The van der Waals surface area contributed by atoms with Gasteiger partial charge in [0, 0.05) is 0 Å². The minimum atomic E-state index is -4.36. The van der Waals surface area contributed by atoms with Crippen LogP contribution in [-0.2, 0) is 10.1 Å². The Bertz CT molecular complexity index is 593. The molecule has 1 rings (SSSR count). The van der Waals surface area contributed by atoms with E-state index in [9.17, 15) is 13.0 Å². The van der Waals surface area contributed by atoms with E-state index < -0.39 is 10.1 Å². The Balaban J connectivity index is 2.33. The van der Waals surface area contributed by atoms with Crippen molar-refractivity contribution in [3.63, 3.8) is 0 Å². The summed E-state index contributed by atoms with van der Waals surface area (Å²) in [6, 6.07) is 5.09. The SMILES string of the molecule is CCC(C)CCCCCCCC(C)c1ccc(S(=O)(=O)[O-])c(C)c1. The molecule has 1 aromatic rings. The molecular formula is C20H33O3S-. The second-order valence-electron chi connectivity index (χ2n) is 7.24. The summed E-state index contributed by atoms with van der Waals surface area (Å²) in [4.78, 5) is -0.0974. The highest BCUT2D eigenvalue weighted by Gasteiger charge is 2.10. The molecule has 0 radical (unpaired) electrons. The quantitative estimate of drug-likeness (QED) is 0.374. The molecule has 0 heterocycles.